The second kappa shape index (κ2) is 4.32. The van der Waals surface area contributed by atoms with Gasteiger partial charge in [0.25, 0.3) is 0 Å². The van der Waals surface area contributed by atoms with Gasteiger partial charge in [0.2, 0.25) is 7.98 Å². The highest BCUT2D eigenvalue weighted by Crippen LogP contribution is 2.36. The minimum Gasteiger partial charge on any atom is -0.427 e. The van der Waals surface area contributed by atoms with E-state index >= 15 is 0 Å². The Morgan fingerprint density at radius 2 is 1.44 bits per heavy atom. The van der Waals surface area contributed by atoms with Gasteiger partial charge in [0, 0.05) is 5.69 Å². The van der Waals surface area contributed by atoms with Gasteiger partial charge >= 0.3 is 7.12 Å². The van der Waals surface area contributed by atoms with Crippen molar-refractivity contribution >= 4 is 26.2 Å². The van der Waals surface area contributed by atoms with E-state index in [0.717, 1.165) is 11.2 Å². The van der Waals surface area contributed by atoms with Crippen LogP contribution in [0, 0.1) is 0 Å². The Hall–Kier alpha value is -0.930. The molecule has 1 fully saturated rings. The highest BCUT2D eigenvalue weighted by Gasteiger charge is 2.51. The van der Waals surface area contributed by atoms with Gasteiger partial charge in [-0.15, -0.1) is 0 Å². The first-order valence-electron chi connectivity index (χ1n) is 6.17. The summed E-state index contributed by atoms with van der Waals surface area (Å²) in [5.41, 5.74) is 1.36. The smallest absolute Gasteiger partial charge is 0.427 e. The zero-order valence-corrected chi connectivity index (χ0v) is 11.7. The van der Waals surface area contributed by atoms with Gasteiger partial charge in [0.1, 0.15) is 0 Å². The fourth-order valence-corrected chi connectivity index (χ4v) is 1.85. The molecule has 2 rings (SSSR count). The van der Waals surface area contributed by atoms with Crippen LogP contribution < -0.4 is 10.3 Å². The molecule has 1 aromatic rings. The summed E-state index contributed by atoms with van der Waals surface area (Å²) in [5, 5.41) is 0. The average molecular weight is 243 g/mol. The lowest BCUT2D eigenvalue weighted by atomic mass is 9.79. The highest BCUT2D eigenvalue weighted by atomic mass is 16.7. The molecule has 0 aromatic heterocycles. The van der Waals surface area contributed by atoms with Crippen LogP contribution in [0.1, 0.15) is 27.7 Å². The summed E-state index contributed by atoms with van der Waals surface area (Å²) in [6.07, 6.45) is 0. The van der Waals surface area contributed by atoms with Gasteiger partial charge in [0.05, 0.1) is 11.2 Å². The molecule has 1 aliphatic rings. The molecule has 0 spiro atoms. The van der Waals surface area contributed by atoms with Crippen molar-refractivity contribution in [3.63, 3.8) is 0 Å². The topological polar surface area (TPSA) is 21.7 Å². The predicted octanol–water partition coefficient (Wildman–Crippen LogP) is 1.51. The molecule has 0 N–H and O–H groups in total. The van der Waals surface area contributed by atoms with E-state index in [1.54, 1.807) is 4.81 Å². The van der Waals surface area contributed by atoms with E-state index in [1.165, 1.54) is 0 Å². The zero-order chi connectivity index (χ0) is 13.6. The van der Waals surface area contributed by atoms with Crippen LogP contribution in [0.4, 0.5) is 5.69 Å². The summed E-state index contributed by atoms with van der Waals surface area (Å²) in [7, 11) is 7.17. The van der Waals surface area contributed by atoms with Crippen LogP contribution in [0.3, 0.4) is 0 Å². The molecule has 1 saturated heterocycles. The summed E-state index contributed by atoms with van der Waals surface area (Å²) in [4.78, 5) is 1.58. The number of hydrogen-bond donors (Lipinski definition) is 0. The number of nitrogens with zero attached hydrogens (tertiary/aromatic N) is 1. The molecule has 0 saturated carbocycles. The summed E-state index contributed by atoms with van der Waals surface area (Å²) < 4.78 is 12.0. The third-order valence-corrected chi connectivity index (χ3v) is 3.83. The van der Waals surface area contributed by atoms with E-state index < -0.39 is 0 Å². The number of benzene rings is 1. The van der Waals surface area contributed by atoms with Gasteiger partial charge in [-0.3, -0.25) is 0 Å². The average Bonchev–Trinajstić information content (AvgIpc) is 2.48. The van der Waals surface area contributed by atoms with Crippen molar-refractivity contribution in [3.8, 4) is 0 Å². The highest BCUT2D eigenvalue weighted by molar-refractivity contribution is 6.62. The first-order valence-corrected chi connectivity index (χ1v) is 6.17. The SMILES string of the molecule is [B]N(C)c1ccc(B2OC(C)(C)C(C)(C)O2)cc1. The van der Waals surface area contributed by atoms with E-state index in [9.17, 15) is 0 Å². The minimum absolute atomic E-state index is 0.305. The Balaban J connectivity index is 2.19. The van der Waals surface area contributed by atoms with Gasteiger partial charge in [-0.2, -0.15) is 0 Å². The molecule has 1 aliphatic heterocycles. The molecule has 0 atom stereocenters. The normalized spacial score (nSPS) is 21.1. The lowest BCUT2D eigenvalue weighted by Gasteiger charge is -2.32. The lowest BCUT2D eigenvalue weighted by molar-refractivity contribution is 0.00578. The Kier molecular flexibility index (Phi) is 3.24. The van der Waals surface area contributed by atoms with Gasteiger partial charge in [-0.1, -0.05) is 12.1 Å². The van der Waals surface area contributed by atoms with Crippen molar-refractivity contribution in [2.24, 2.45) is 0 Å². The second-order valence-corrected chi connectivity index (χ2v) is 5.79. The van der Waals surface area contributed by atoms with Gasteiger partial charge < -0.3 is 14.1 Å². The van der Waals surface area contributed by atoms with Gasteiger partial charge in [-0.25, -0.2) is 0 Å². The Labute approximate surface area is 111 Å². The Morgan fingerprint density at radius 3 is 1.83 bits per heavy atom. The first kappa shape index (κ1) is 13.5. The molecule has 0 bridgehead atoms. The molecule has 0 aliphatic carbocycles. The number of hydrogen-bond acceptors (Lipinski definition) is 3. The van der Waals surface area contributed by atoms with Crippen LogP contribution in [0.15, 0.2) is 24.3 Å². The Morgan fingerprint density at radius 1 is 1.00 bits per heavy atom. The predicted molar refractivity (Wildman–Crippen MR) is 76.3 cm³/mol. The summed E-state index contributed by atoms with van der Waals surface area (Å²) in [6, 6.07) is 7.89. The van der Waals surface area contributed by atoms with Crippen molar-refractivity contribution in [2.75, 3.05) is 11.9 Å². The van der Waals surface area contributed by atoms with E-state index in [4.69, 9.17) is 17.3 Å². The molecule has 3 nitrogen and oxygen atoms in total. The van der Waals surface area contributed by atoms with Crippen molar-refractivity contribution < 1.29 is 9.31 Å². The first-order chi connectivity index (χ1) is 8.23. The molecular formula is C13H19B2NO2. The molecule has 1 aromatic carbocycles. The molecule has 0 unspecified atom stereocenters. The van der Waals surface area contributed by atoms with E-state index in [0.29, 0.717) is 0 Å². The molecule has 5 heteroatoms. The third-order valence-electron chi connectivity index (χ3n) is 3.83. The quantitative estimate of drug-likeness (QED) is 0.734. The Bertz CT molecular complexity index is 413. The van der Waals surface area contributed by atoms with Gasteiger partial charge in [-0.05, 0) is 52.3 Å². The van der Waals surface area contributed by atoms with Crippen molar-refractivity contribution in [3.05, 3.63) is 24.3 Å². The summed E-state index contributed by atoms with van der Waals surface area (Å²) in [6.45, 7) is 8.20. The van der Waals surface area contributed by atoms with Crippen molar-refractivity contribution in [2.45, 2.75) is 38.9 Å². The fourth-order valence-electron chi connectivity index (χ4n) is 1.85. The van der Waals surface area contributed by atoms with Crippen molar-refractivity contribution in [1.82, 2.24) is 0 Å². The van der Waals surface area contributed by atoms with E-state index in [2.05, 4.69) is 27.7 Å². The van der Waals surface area contributed by atoms with Crippen LogP contribution >= 0.6 is 0 Å². The molecule has 2 radical (unpaired) electrons. The maximum Gasteiger partial charge on any atom is 0.494 e. The van der Waals surface area contributed by atoms with Crippen LogP contribution in [0.25, 0.3) is 0 Å². The molecule has 1 heterocycles. The monoisotopic (exact) mass is 243 g/mol. The van der Waals surface area contributed by atoms with Gasteiger partial charge in [0.15, 0.2) is 0 Å². The minimum atomic E-state index is -0.313. The zero-order valence-electron chi connectivity index (χ0n) is 11.7. The second-order valence-electron chi connectivity index (χ2n) is 5.79. The van der Waals surface area contributed by atoms with Crippen LogP contribution in [-0.4, -0.2) is 33.3 Å². The summed E-state index contributed by atoms with van der Waals surface area (Å²) in [5.74, 6) is 0. The van der Waals surface area contributed by atoms with E-state index in [-0.39, 0.29) is 18.3 Å². The maximum atomic E-state index is 5.98. The summed E-state index contributed by atoms with van der Waals surface area (Å²) >= 11 is 0. The molecular weight excluding hydrogens is 224 g/mol. The van der Waals surface area contributed by atoms with Crippen LogP contribution in [0.5, 0.6) is 0 Å². The standard InChI is InChI=1S/C13H19B2NO2/c1-12(2)13(3,4)18-15(17-12)10-6-8-11(9-7-10)16(5)14/h6-9H,1-5H3. The van der Waals surface area contributed by atoms with Crippen LogP contribution in [0.2, 0.25) is 0 Å². The van der Waals surface area contributed by atoms with Crippen molar-refractivity contribution in [1.29, 1.82) is 0 Å². The number of rotatable bonds is 2. The molecule has 18 heavy (non-hydrogen) atoms. The molecule has 94 valence electrons. The lowest BCUT2D eigenvalue weighted by Crippen LogP contribution is -2.41. The van der Waals surface area contributed by atoms with E-state index in [1.807, 2.05) is 31.3 Å². The van der Waals surface area contributed by atoms with Crippen LogP contribution in [-0.2, 0) is 9.31 Å². The molecule has 0 amide bonds. The third kappa shape index (κ3) is 2.29. The largest absolute Gasteiger partial charge is 0.494 e. The number of anilines is 1. The maximum absolute atomic E-state index is 5.98. The fraction of sp³-hybridized carbons (Fsp3) is 0.538.